The molecule has 1 aromatic carbocycles. The number of benzene rings is 1. The van der Waals surface area contributed by atoms with Gasteiger partial charge in [0.25, 0.3) is 0 Å². The van der Waals surface area contributed by atoms with Crippen LogP contribution in [0.1, 0.15) is 57.0 Å². The highest BCUT2D eigenvalue weighted by Crippen LogP contribution is 2.22. The standard InChI is InChI=1S/C23H24O3S/c1-15(2)18-5-7-19(8-6-18)25-14-21-10-9-20(26-21)11-12-23(24)22-13-16(3)27-17(22)4/h5-13,15H,14H2,1-4H3/b12-11+. The van der Waals surface area contributed by atoms with Crippen LogP contribution in [0.3, 0.4) is 0 Å². The van der Waals surface area contributed by atoms with E-state index < -0.39 is 0 Å². The normalized spacial score (nSPS) is 11.4. The summed E-state index contributed by atoms with van der Waals surface area (Å²) < 4.78 is 11.5. The van der Waals surface area contributed by atoms with Crippen LogP contribution < -0.4 is 4.74 Å². The van der Waals surface area contributed by atoms with Gasteiger partial charge >= 0.3 is 0 Å². The van der Waals surface area contributed by atoms with E-state index in [-0.39, 0.29) is 5.78 Å². The van der Waals surface area contributed by atoms with Gasteiger partial charge in [-0.05, 0) is 67.8 Å². The van der Waals surface area contributed by atoms with Crippen molar-refractivity contribution >= 4 is 23.2 Å². The lowest BCUT2D eigenvalue weighted by atomic mass is 10.0. The van der Waals surface area contributed by atoms with Crippen molar-refractivity contribution in [3.05, 3.63) is 80.9 Å². The van der Waals surface area contributed by atoms with E-state index in [1.165, 1.54) is 5.56 Å². The molecule has 3 nitrogen and oxygen atoms in total. The maximum atomic E-state index is 12.3. The fourth-order valence-electron chi connectivity index (χ4n) is 2.79. The molecule has 3 rings (SSSR count). The summed E-state index contributed by atoms with van der Waals surface area (Å²) in [5, 5.41) is 0. The third-order valence-corrected chi connectivity index (χ3v) is 5.28. The molecule has 0 atom stereocenters. The molecule has 0 fully saturated rings. The minimum absolute atomic E-state index is 0.00343. The second-order valence-corrected chi connectivity index (χ2v) is 8.30. The molecule has 2 aromatic heterocycles. The maximum Gasteiger partial charge on any atom is 0.187 e. The first-order valence-electron chi connectivity index (χ1n) is 9.03. The Morgan fingerprint density at radius 3 is 2.52 bits per heavy atom. The summed E-state index contributed by atoms with van der Waals surface area (Å²) in [5.41, 5.74) is 2.04. The molecular formula is C23H24O3S. The Labute approximate surface area is 164 Å². The number of ketones is 1. The van der Waals surface area contributed by atoms with Gasteiger partial charge in [-0.25, -0.2) is 0 Å². The Balaban J connectivity index is 1.58. The molecule has 0 N–H and O–H groups in total. The van der Waals surface area contributed by atoms with Crippen LogP contribution in [-0.4, -0.2) is 5.78 Å². The van der Waals surface area contributed by atoms with Crippen LogP contribution in [-0.2, 0) is 6.61 Å². The van der Waals surface area contributed by atoms with Crippen molar-refractivity contribution in [2.24, 2.45) is 0 Å². The van der Waals surface area contributed by atoms with Crippen LogP contribution >= 0.6 is 11.3 Å². The average Bonchev–Trinajstić information content (AvgIpc) is 3.24. The lowest BCUT2D eigenvalue weighted by molar-refractivity contribution is 0.104. The molecule has 4 heteroatoms. The number of hydrogen-bond acceptors (Lipinski definition) is 4. The van der Waals surface area contributed by atoms with Gasteiger partial charge in [-0.1, -0.05) is 26.0 Å². The van der Waals surface area contributed by atoms with Crippen molar-refractivity contribution in [1.82, 2.24) is 0 Å². The van der Waals surface area contributed by atoms with E-state index in [1.54, 1.807) is 23.5 Å². The molecule has 0 aliphatic carbocycles. The highest BCUT2D eigenvalue weighted by Gasteiger charge is 2.09. The van der Waals surface area contributed by atoms with Crippen molar-refractivity contribution in [3.63, 3.8) is 0 Å². The Morgan fingerprint density at radius 1 is 1.15 bits per heavy atom. The molecule has 0 aliphatic heterocycles. The lowest BCUT2D eigenvalue weighted by Gasteiger charge is -2.07. The van der Waals surface area contributed by atoms with Crippen LogP contribution in [0.5, 0.6) is 5.75 Å². The zero-order chi connectivity index (χ0) is 19.4. The Bertz CT molecular complexity index is 942. The van der Waals surface area contributed by atoms with Crippen molar-refractivity contribution < 1.29 is 13.9 Å². The van der Waals surface area contributed by atoms with Gasteiger partial charge in [0.2, 0.25) is 0 Å². The minimum Gasteiger partial charge on any atom is -0.486 e. The van der Waals surface area contributed by atoms with Crippen molar-refractivity contribution in [3.8, 4) is 5.75 Å². The van der Waals surface area contributed by atoms with E-state index in [0.717, 1.165) is 26.8 Å². The molecule has 3 aromatic rings. The Hall–Kier alpha value is -2.59. The number of carbonyl (C=O) groups excluding carboxylic acids is 1. The predicted octanol–water partition coefficient (Wildman–Crippen LogP) is 6.56. The molecule has 140 valence electrons. The van der Waals surface area contributed by atoms with E-state index in [0.29, 0.717) is 18.3 Å². The second kappa shape index (κ2) is 8.40. The summed E-state index contributed by atoms with van der Waals surface area (Å²) in [7, 11) is 0. The summed E-state index contributed by atoms with van der Waals surface area (Å²) in [6.07, 6.45) is 3.26. The highest BCUT2D eigenvalue weighted by molar-refractivity contribution is 7.12. The number of furan rings is 1. The van der Waals surface area contributed by atoms with Crippen molar-refractivity contribution in [2.45, 2.75) is 40.2 Å². The number of ether oxygens (including phenoxy) is 1. The van der Waals surface area contributed by atoms with Crippen LogP contribution in [0.15, 0.2) is 53.0 Å². The van der Waals surface area contributed by atoms with E-state index in [1.807, 2.05) is 44.2 Å². The van der Waals surface area contributed by atoms with Crippen LogP contribution in [0, 0.1) is 13.8 Å². The van der Waals surface area contributed by atoms with Crippen LogP contribution in [0.2, 0.25) is 0 Å². The summed E-state index contributed by atoms with van der Waals surface area (Å²) in [5.74, 6) is 2.67. The quantitative estimate of drug-likeness (QED) is 0.344. The SMILES string of the molecule is Cc1cc(C(=O)/C=C/c2ccc(COc3ccc(C(C)C)cc3)o2)c(C)s1. The largest absolute Gasteiger partial charge is 0.486 e. The molecular weight excluding hydrogens is 356 g/mol. The average molecular weight is 381 g/mol. The zero-order valence-corrected chi connectivity index (χ0v) is 16.9. The van der Waals surface area contributed by atoms with Gasteiger partial charge in [0.15, 0.2) is 5.78 Å². The molecule has 0 amide bonds. The molecule has 0 unspecified atom stereocenters. The molecule has 0 radical (unpaired) electrons. The lowest BCUT2D eigenvalue weighted by Crippen LogP contribution is -1.94. The van der Waals surface area contributed by atoms with E-state index in [2.05, 4.69) is 26.0 Å². The summed E-state index contributed by atoms with van der Waals surface area (Å²) in [6, 6.07) is 13.7. The third-order valence-electron chi connectivity index (χ3n) is 4.32. The number of rotatable bonds is 7. The predicted molar refractivity (Wildman–Crippen MR) is 111 cm³/mol. The van der Waals surface area contributed by atoms with Gasteiger partial charge in [-0.2, -0.15) is 0 Å². The molecule has 0 aliphatic rings. The van der Waals surface area contributed by atoms with Gasteiger partial charge in [-0.15, -0.1) is 11.3 Å². The minimum atomic E-state index is -0.00343. The van der Waals surface area contributed by atoms with E-state index >= 15 is 0 Å². The number of carbonyl (C=O) groups is 1. The monoisotopic (exact) mass is 380 g/mol. The summed E-state index contributed by atoms with van der Waals surface area (Å²) in [4.78, 5) is 14.5. The number of allylic oxidation sites excluding steroid dienone is 1. The summed E-state index contributed by atoms with van der Waals surface area (Å²) in [6.45, 7) is 8.66. The van der Waals surface area contributed by atoms with Crippen molar-refractivity contribution in [1.29, 1.82) is 0 Å². The molecule has 0 spiro atoms. The number of hydrogen-bond donors (Lipinski definition) is 0. The Morgan fingerprint density at radius 2 is 1.89 bits per heavy atom. The maximum absolute atomic E-state index is 12.3. The molecule has 0 saturated heterocycles. The van der Waals surface area contributed by atoms with Crippen LogP contribution in [0.25, 0.3) is 6.08 Å². The van der Waals surface area contributed by atoms with Gasteiger partial charge in [-0.3, -0.25) is 4.79 Å². The zero-order valence-electron chi connectivity index (χ0n) is 16.1. The molecule has 27 heavy (non-hydrogen) atoms. The second-order valence-electron chi connectivity index (χ2n) is 6.84. The first-order valence-corrected chi connectivity index (χ1v) is 9.85. The van der Waals surface area contributed by atoms with Crippen LogP contribution in [0.4, 0.5) is 0 Å². The molecule has 2 heterocycles. The first-order chi connectivity index (χ1) is 12.9. The van der Waals surface area contributed by atoms with Gasteiger partial charge in [0, 0.05) is 15.3 Å². The Kier molecular flexibility index (Phi) is 5.97. The smallest absolute Gasteiger partial charge is 0.187 e. The van der Waals surface area contributed by atoms with Gasteiger partial charge in [0.1, 0.15) is 23.9 Å². The van der Waals surface area contributed by atoms with Crippen molar-refractivity contribution in [2.75, 3.05) is 0 Å². The highest BCUT2D eigenvalue weighted by atomic mass is 32.1. The number of thiophene rings is 1. The van der Waals surface area contributed by atoms with E-state index in [9.17, 15) is 4.79 Å². The topological polar surface area (TPSA) is 39.4 Å². The fraction of sp³-hybridized carbons (Fsp3) is 0.261. The molecule has 0 bridgehead atoms. The van der Waals surface area contributed by atoms with Gasteiger partial charge in [0.05, 0.1) is 0 Å². The van der Waals surface area contributed by atoms with E-state index in [4.69, 9.17) is 9.15 Å². The van der Waals surface area contributed by atoms with Gasteiger partial charge < -0.3 is 9.15 Å². The third kappa shape index (κ3) is 4.98. The number of aryl methyl sites for hydroxylation is 2. The first kappa shape index (κ1) is 19.2. The fourth-order valence-corrected chi connectivity index (χ4v) is 3.72. The summed E-state index contributed by atoms with van der Waals surface area (Å²) >= 11 is 1.64. The molecule has 0 saturated carbocycles.